The van der Waals surface area contributed by atoms with E-state index in [1.54, 1.807) is 0 Å². The molecule has 1 aliphatic heterocycles. The Morgan fingerprint density at radius 3 is 3.20 bits per heavy atom. The third kappa shape index (κ3) is 1.53. The molecule has 0 spiro atoms. The summed E-state index contributed by atoms with van der Waals surface area (Å²) >= 11 is 0. The van der Waals surface area contributed by atoms with Gasteiger partial charge in [-0.25, -0.2) is 4.79 Å². The molecule has 1 atom stereocenters. The maximum atomic E-state index is 10.5. The lowest BCUT2D eigenvalue weighted by molar-refractivity contribution is 0.229. The van der Waals surface area contributed by atoms with Crippen molar-refractivity contribution in [3.63, 3.8) is 0 Å². The molecule has 0 aliphatic carbocycles. The van der Waals surface area contributed by atoms with E-state index in [0.29, 0.717) is 13.0 Å². The van der Waals surface area contributed by atoms with Crippen LogP contribution in [-0.2, 0) is 0 Å². The maximum Gasteiger partial charge on any atom is 0.315 e. The maximum absolute atomic E-state index is 10.5. The minimum atomic E-state index is -0.376. The van der Waals surface area contributed by atoms with Crippen LogP contribution < -0.4 is 10.6 Å². The Balaban J connectivity index is 2.46. The van der Waals surface area contributed by atoms with Crippen molar-refractivity contribution in [2.75, 3.05) is 6.54 Å². The van der Waals surface area contributed by atoms with Crippen LogP contribution in [0, 0.1) is 0 Å². The van der Waals surface area contributed by atoms with Gasteiger partial charge in [0.15, 0.2) is 0 Å². The van der Waals surface area contributed by atoms with Gasteiger partial charge in [0, 0.05) is 11.5 Å². The molecule has 1 saturated heterocycles. The van der Waals surface area contributed by atoms with Crippen molar-refractivity contribution in [3.05, 3.63) is 10.4 Å². The second-order valence-corrected chi connectivity index (χ2v) is 1.91. The smallest absolute Gasteiger partial charge is 0.315 e. The van der Waals surface area contributed by atoms with E-state index >= 15 is 0 Å². The molecule has 0 aromatic heterocycles. The van der Waals surface area contributed by atoms with Gasteiger partial charge in [0.05, 0.1) is 0 Å². The van der Waals surface area contributed by atoms with E-state index in [-0.39, 0.29) is 12.2 Å². The van der Waals surface area contributed by atoms with Crippen LogP contribution >= 0.6 is 0 Å². The van der Waals surface area contributed by atoms with Crippen LogP contribution in [0.15, 0.2) is 5.11 Å². The highest BCUT2D eigenvalue weighted by Crippen LogP contribution is 1.96. The van der Waals surface area contributed by atoms with Crippen LogP contribution in [-0.4, -0.2) is 18.7 Å². The molecule has 0 bridgehead atoms. The molecular formula is C4H7N5O. The van der Waals surface area contributed by atoms with Gasteiger partial charge >= 0.3 is 6.03 Å². The summed E-state index contributed by atoms with van der Waals surface area (Å²) in [6.07, 6.45) is 0.272. The van der Waals surface area contributed by atoms with Gasteiger partial charge in [0.25, 0.3) is 0 Å². The summed E-state index contributed by atoms with van der Waals surface area (Å²) in [4.78, 5) is 13.1. The number of rotatable bonds is 1. The van der Waals surface area contributed by atoms with Gasteiger partial charge in [-0.05, 0) is 12.0 Å². The minimum Gasteiger partial charge on any atom is -0.338 e. The van der Waals surface area contributed by atoms with E-state index in [1.807, 2.05) is 0 Å². The fraction of sp³-hybridized carbons (Fsp3) is 0.750. The molecule has 0 radical (unpaired) electrons. The van der Waals surface area contributed by atoms with E-state index < -0.39 is 0 Å². The van der Waals surface area contributed by atoms with Gasteiger partial charge in [0.1, 0.15) is 6.17 Å². The van der Waals surface area contributed by atoms with Gasteiger partial charge in [-0.3, -0.25) is 0 Å². The summed E-state index contributed by atoms with van der Waals surface area (Å²) in [6.45, 7) is 0.565. The lowest BCUT2D eigenvalue weighted by atomic mass is 10.3. The number of hydrogen-bond acceptors (Lipinski definition) is 2. The monoisotopic (exact) mass is 141 g/mol. The molecule has 0 saturated carbocycles. The number of carbonyl (C=O) groups excluding carboxylic acids is 1. The molecule has 1 heterocycles. The number of amides is 2. The fourth-order valence-electron chi connectivity index (χ4n) is 0.746. The van der Waals surface area contributed by atoms with Gasteiger partial charge in [-0.2, -0.15) is 0 Å². The van der Waals surface area contributed by atoms with E-state index in [4.69, 9.17) is 5.53 Å². The van der Waals surface area contributed by atoms with Crippen molar-refractivity contribution in [2.24, 2.45) is 5.11 Å². The Hall–Kier alpha value is -1.42. The molecule has 0 aromatic carbocycles. The standard InChI is InChI=1S/C4H7N5O/c5-9-8-3-1-2-6-4(10)7-3/h3H,1-2H2,(H2,6,7,10). The van der Waals surface area contributed by atoms with Crippen molar-refractivity contribution in [1.29, 1.82) is 0 Å². The zero-order valence-corrected chi connectivity index (χ0v) is 5.24. The highest BCUT2D eigenvalue weighted by Gasteiger charge is 2.14. The third-order valence-electron chi connectivity index (χ3n) is 1.19. The average Bonchev–Trinajstić information content (AvgIpc) is 1.88. The largest absolute Gasteiger partial charge is 0.338 e. The molecule has 2 N–H and O–H groups in total. The number of nitrogens with one attached hydrogen (secondary N) is 2. The zero-order valence-electron chi connectivity index (χ0n) is 5.24. The Morgan fingerprint density at radius 2 is 2.60 bits per heavy atom. The summed E-state index contributed by atoms with van der Waals surface area (Å²) in [5, 5.41) is 8.33. The van der Waals surface area contributed by atoms with Crippen LogP contribution in [0.4, 0.5) is 4.79 Å². The molecule has 1 aliphatic rings. The molecule has 0 aromatic rings. The van der Waals surface area contributed by atoms with Crippen molar-refractivity contribution in [1.82, 2.24) is 10.6 Å². The molecule has 1 fully saturated rings. The first-order chi connectivity index (χ1) is 4.83. The number of nitrogens with zero attached hydrogens (tertiary/aromatic N) is 3. The highest BCUT2D eigenvalue weighted by molar-refractivity contribution is 5.74. The number of azide groups is 1. The Bertz CT molecular complexity index is 184. The Labute approximate surface area is 57.2 Å². The van der Waals surface area contributed by atoms with E-state index in [1.165, 1.54) is 0 Å². The lowest BCUT2D eigenvalue weighted by Crippen LogP contribution is -2.48. The topological polar surface area (TPSA) is 89.9 Å². The van der Waals surface area contributed by atoms with E-state index in [2.05, 4.69) is 20.7 Å². The average molecular weight is 141 g/mol. The summed E-state index contributed by atoms with van der Waals surface area (Å²) in [5.74, 6) is 0. The molecule has 6 heteroatoms. The zero-order chi connectivity index (χ0) is 7.40. The van der Waals surface area contributed by atoms with Crippen LogP contribution in [0.5, 0.6) is 0 Å². The predicted molar refractivity (Wildman–Crippen MR) is 34.1 cm³/mol. The number of carbonyl (C=O) groups is 1. The molecule has 1 unspecified atom stereocenters. The molecular weight excluding hydrogens is 134 g/mol. The van der Waals surface area contributed by atoms with Gasteiger partial charge < -0.3 is 10.6 Å². The molecule has 2 amide bonds. The first-order valence-corrected chi connectivity index (χ1v) is 2.91. The van der Waals surface area contributed by atoms with Crippen LogP contribution in [0.2, 0.25) is 0 Å². The SMILES string of the molecule is [N-]=[N+]=NC1CCNC(=O)N1. The summed E-state index contributed by atoms with van der Waals surface area (Å²) in [6, 6.07) is -0.274. The second-order valence-electron chi connectivity index (χ2n) is 1.91. The number of urea groups is 1. The molecule has 1 rings (SSSR count). The van der Waals surface area contributed by atoms with Crippen molar-refractivity contribution in [3.8, 4) is 0 Å². The molecule has 6 nitrogen and oxygen atoms in total. The summed E-state index contributed by atoms with van der Waals surface area (Å²) < 4.78 is 0. The molecule has 54 valence electrons. The molecule has 10 heavy (non-hydrogen) atoms. The second kappa shape index (κ2) is 2.93. The normalized spacial score (nSPS) is 24.0. The first-order valence-electron chi connectivity index (χ1n) is 2.91. The van der Waals surface area contributed by atoms with Crippen molar-refractivity contribution in [2.45, 2.75) is 12.6 Å². The Morgan fingerprint density at radius 1 is 1.80 bits per heavy atom. The summed E-state index contributed by atoms with van der Waals surface area (Å²) in [7, 11) is 0. The fourth-order valence-corrected chi connectivity index (χ4v) is 0.746. The van der Waals surface area contributed by atoms with Crippen molar-refractivity contribution < 1.29 is 4.79 Å². The van der Waals surface area contributed by atoms with Crippen molar-refractivity contribution >= 4 is 6.03 Å². The van der Waals surface area contributed by atoms with Gasteiger partial charge in [-0.1, -0.05) is 5.11 Å². The first kappa shape index (κ1) is 6.70. The van der Waals surface area contributed by atoms with Crippen LogP contribution in [0.3, 0.4) is 0 Å². The van der Waals surface area contributed by atoms with E-state index in [0.717, 1.165) is 0 Å². The van der Waals surface area contributed by atoms with Crippen LogP contribution in [0.1, 0.15) is 6.42 Å². The number of hydrogen-bond donors (Lipinski definition) is 2. The summed E-state index contributed by atoms with van der Waals surface area (Å²) in [5.41, 5.74) is 7.99. The van der Waals surface area contributed by atoms with Crippen LogP contribution in [0.25, 0.3) is 10.4 Å². The lowest BCUT2D eigenvalue weighted by Gasteiger charge is -2.19. The third-order valence-corrected chi connectivity index (χ3v) is 1.19. The minimum absolute atomic E-state index is 0.274. The highest BCUT2D eigenvalue weighted by atomic mass is 16.2. The van der Waals surface area contributed by atoms with Gasteiger partial charge in [-0.15, -0.1) is 0 Å². The Kier molecular flexibility index (Phi) is 1.96. The predicted octanol–water partition coefficient (Wildman–Crippen LogP) is 0.326. The van der Waals surface area contributed by atoms with E-state index in [9.17, 15) is 4.79 Å². The van der Waals surface area contributed by atoms with Gasteiger partial charge in [0.2, 0.25) is 0 Å². The quantitative estimate of drug-likeness (QED) is 0.307.